The van der Waals surface area contributed by atoms with Crippen molar-refractivity contribution in [2.75, 3.05) is 39.3 Å². The van der Waals surface area contributed by atoms with Crippen molar-refractivity contribution >= 4 is 0 Å². The van der Waals surface area contributed by atoms with Gasteiger partial charge < -0.3 is 9.64 Å². The van der Waals surface area contributed by atoms with Gasteiger partial charge in [0.2, 0.25) is 0 Å². The van der Waals surface area contributed by atoms with Crippen molar-refractivity contribution in [3.63, 3.8) is 0 Å². The third kappa shape index (κ3) is 7.31. The minimum Gasteiger partial charge on any atom is -0.486 e. The Morgan fingerprint density at radius 2 is 1.25 bits per heavy atom. The number of halogens is 4. The Balaban J connectivity index is 1.24. The first-order valence-corrected chi connectivity index (χ1v) is 12.4. The highest BCUT2D eigenvalue weighted by molar-refractivity contribution is 5.32. The van der Waals surface area contributed by atoms with Crippen LogP contribution in [0, 0.1) is 23.3 Å². The molecule has 0 N–H and O–H groups in total. The molecule has 1 heterocycles. The monoisotopic (exact) mass is 500 g/mol. The molecule has 3 aromatic rings. The van der Waals surface area contributed by atoms with Gasteiger partial charge in [-0.05, 0) is 73.8 Å². The van der Waals surface area contributed by atoms with Crippen LogP contribution in [0.4, 0.5) is 17.6 Å². The number of hydrogen-bond donors (Lipinski definition) is 0. The van der Waals surface area contributed by atoms with Gasteiger partial charge in [-0.3, -0.25) is 4.90 Å². The highest BCUT2D eigenvalue weighted by Crippen LogP contribution is 2.30. The molecule has 0 aliphatic carbocycles. The number of hydrogen-bond acceptors (Lipinski definition) is 3. The molecule has 4 rings (SSSR count). The Hall–Kier alpha value is -2.90. The maximum Gasteiger partial charge on any atom is 0.167 e. The maximum atomic E-state index is 13.8. The summed E-state index contributed by atoms with van der Waals surface area (Å²) >= 11 is 0. The van der Waals surface area contributed by atoms with Gasteiger partial charge in [0.05, 0.1) is 0 Å². The fraction of sp³-hybridized carbons (Fsp3) is 0.379. The molecule has 3 aromatic carbocycles. The van der Waals surface area contributed by atoms with Crippen LogP contribution < -0.4 is 4.74 Å². The van der Waals surface area contributed by atoms with E-state index < -0.39 is 11.6 Å². The van der Waals surface area contributed by atoms with Gasteiger partial charge in [-0.15, -0.1) is 0 Å². The van der Waals surface area contributed by atoms with Gasteiger partial charge in [0.25, 0.3) is 0 Å². The molecular formula is C29H32F4N2O. The lowest BCUT2D eigenvalue weighted by Crippen LogP contribution is -2.49. The molecule has 1 unspecified atom stereocenters. The summed E-state index contributed by atoms with van der Waals surface area (Å²) in [6, 6.07) is 16.5. The van der Waals surface area contributed by atoms with Crippen molar-refractivity contribution in [3.05, 3.63) is 101 Å². The van der Waals surface area contributed by atoms with E-state index >= 15 is 0 Å². The molecule has 0 saturated carbocycles. The predicted molar refractivity (Wildman–Crippen MR) is 133 cm³/mol. The Morgan fingerprint density at radius 1 is 0.722 bits per heavy atom. The quantitative estimate of drug-likeness (QED) is 0.307. The fourth-order valence-electron chi connectivity index (χ4n) is 4.82. The van der Waals surface area contributed by atoms with Crippen LogP contribution in [0.3, 0.4) is 0 Å². The first kappa shape index (κ1) is 26.2. The Bertz CT molecular complexity index is 1050. The molecule has 0 amide bonds. The molecule has 1 atom stereocenters. The summed E-state index contributed by atoms with van der Waals surface area (Å²) in [7, 11) is 0. The lowest BCUT2D eigenvalue weighted by atomic mass is 9.87. The van der Waals surface area contributed by atoms with E-state index in [1.807, 2.05) is 31.2 Å². The van der Waals surface area contributed by atoms with E-state index in [4.69, 9.17) is 4.74 Å². The van der Waals surface area contributed by atoms with E-state index in [1.165, 1.54) is 36.4 Å². The summed E-state index contributed by atoms with van der Waals surface area (Å²) in [6.45, 7) is 7.13. The average molecular weight is 501 g/mol. The summed E-state index contributed by atoms with van der Waals surface area (Å²) in [5.41, 5.74) is 2.05. The van der Waals surface area contributed by atoms with Gasteiger partial charge in [0.1, 0.15) is 23.6 Å². The van der Waals surface area contributed by atoms with Crippen molar-refractivity contribution in [3.8, 4) is 5.75 Å². The van der Waals surface area contributed by atoms with Gasteiger partial charge in [-0.25, -0.2) is 17.6 Å². The number of nitrogens with zero attached hydrogens (tertiary/aromatic N) is 2. The Morgan fingerprint density at radius 3 is 1.81 bits per heavy atom. The molecule has 192 valence electrons. The molecule has 7 heteroatoms. The van der Waals surface area contributed by atoms with Gasteiger partial charge >= 0.3 is 0 Å². The predicted octanol–water partition coefficient (Wildman–Crippen LogP) is 6.24. The van der Waals surface area contributed by atoms with Crippen LogP contribution in [-0.4, -0.2) is 55.2 Å². The molecule has 0 radical (unpaired) electrons. The largest absolute Gasteiger partial charge is 0.486 e. The van der Waals surface area contributed by atoms with Crippen LogP contribution in [0.1, 0.15) is 36.8 Å². The summed E-state index contributed by atoms with van der Waals surface area (Å²) in [6.07, 6.45) is 1.62. The van der Waals surface area contributed by atoms with E-state index in [-0.39, 0.29) is 29.4 Å². The van der Waals surface area contributed by atoms with Gasteiger partial charge in [-0.2, -0.15) is 0 Å². The van der Waals surface area contributed by atoms with Crippen molar-refractivity contribution < 1.29 is 22.3 Å². The van der Waals surface area contributed by atoms with Gasteiger partial charge in [0, 0.05) is 44.7 Å². The normalized spacial score (nSPS) is 15.8. The highest BCUT2D eigenvalue weighted by Gasteiger charge is 2.21. The van der Waals surface area contributed by atoms with E-state index in [0.29, 0.717) is 6.54 Å². The molecule has 1 aliphatic rings. The Kier molecular flexibility index (Phi) is 8.99. The summed E-state index contributed by atoms with van der Waals surface area (Å²) in [4.78, 5) is 4.72. The SMILES string of the molecule is CC(CN1CCN(CCCC(c2ccc(F)cc2)c2ccc(F)cc2)CC1)Oc1ccc(F)cc1F. The van der Waals surface area contributed by atoms with E-state index in [1.54, 1.807) is 0 Å². The first-order valence-electron chi connectivity index (χ1n) is 12.4. The molecule has 0 spiro atoms. The zero-order chi connectivity index (χ0) is 25.5. The standard InChI is InChI=1S/C29H32F4N2O/c1-21(36-29-13-12-26(32)19-28(29)33)20-35-17-15-34(16-18-35)14-2-3-27(22-4-8-24(30)9-5-22)23-6-10-25(31)11-7-23/h4-13,19,21,27H,2-3,14-18,20H2,1H3. The third-order valence-corrected chi connectivity index (χ3v) is 6.71. The summed E-state index contributed by atoms with van der Waals surface area (Å²) < 4.78 is 59.5. The van der Waals surface area contributed by atoms with Crippen LogP contribution in [0.25, 0.3) is 0 Å². The lowest BCUT2D eigenvalue weighted by Gasteiger charge is -2.36. The van der Waals surface area contributed by atoms with Crippen LogP contribution in [0.15, 0.2) is 66.7 Å². The summed E-state index contributed by atoms with van der Waals surface area (Å²) in [5.74, 6) is -1.69. The minimum atomic E-state index is -0.689. The highest BCUT2D eigenvalue weighted by atomic mass is 19.1. The second kappa shape index (κ2) is 12.4. The van der Waals surface area contributed by atoms with E-state index in [2.05, 4.69) is 9.80 Å². The summed E-state index contributed by atoms with van der Waals surface area (Å²) in [5, 5.41) is 0. The van der Waals surface area contributed by atoms with Crippen LogP contribution in [0.5, 0.6) is 5.75 Å². The molecule has 1 aliphatic heterocycles. The fourth-order valence-corrected chi connectivity index (χ4v) is 4.82. The topological polar surface area (TPSA) is 15.7 Å². The molecule has 1 saturated heterocycles. The molecule has 3 nitrogen and oxygen atoms in total. The van der Waals surface area contributed by atoms with Crippen LogP contribution >= 0.6 is 0 Å². The second-order valence-corrected chi connectivity index (χ2v) is 9.44. The second-order valence-electron chi connectivity index (χ2n) is 9.44. The molecule has 0 aromatic heterocycles. The van der Waals surface area contributed by atoms with Crippen molar-refractivity contribution in [2.45, 2.75) is 31.8 Å². The van der Waals surface area contributed by atoms with Crippen LogP contribution in [-0.2, 0) is 0 Å². The first-order chi connectivity index (χ1) is 17.4. The maximum absolute atomic E-state index is 13.8. The van der Waals surface area contributed by atoms with Crippen molar-refractivity contribution in [1.82, 2.24) is 9.80 Å². The average Bonchev–Trinajstić information content (AvgIpc) is 2.86. The van der Waals surface area contributed by atoms with Crippen LogP contribution in [0.2, 0.25) is 0 Å². The van der Waals surface area contributed by atoms with Crippen molar-refractivity contribution in [1.29, 1.82) is 0 Å². The van der Waals surface area contributed by atoms with Crippen molar-refractivity contribution in [2.24, 2.45) is 0 Å². The minimum absolute atomic E-state index is 0.0689. The zero-order valence-electron chi connectivity index (χ0n) is 20.5. The zero-order valence-corrected chi connectivity index (χ0v) is 20.5. The molecule has 36 heavy (non-hydrogen) atoms. The molecular weight excluding hydrogens is 468 g/mol. The Labute approximate surface area is 210 Å². The number of piperazine rings is 1. The number of benzene rings is 3. The van der Waals surface area contributed by atoms with Gasteiger partial charge in [0.15, 0.2) is 11.6 Å². The molecule has 0 bridgehead atoms. The third-order valence-electron chi connectivity index (χ3n) is 6.71. The van der Waals surface area contributed by atoms with Gasteiger partial charge in [-0.1, -0.05) is 24.3 Å². The van der Waals surface area contributed by atoms with E-state index in [9.17, 15) is 17.6 Å². The number of ether oxygens (including phenoxy) is 1. The van der Waals surface area contributed by atoms with E-state index in [0.717, 1.165) is 62.8 Å². The lowest BCUT2D eigenvalue weighted by molar-refractivity contribution is 0.0879. The number of rotatable bonds is 10. The molecule has 1 fully saturated rings. The smallest absolute Gasteiger partial charge is 0.167 e.